The zero-order chi connectivity index (χ0) is 8.04. The molecule has 0 radical (unpaired) electrons. The zero-order valence-electron chi connectivity index (χ0n) is 7.95. The second kappa shape index (κ2) is 7.31. The molecule has 0 aliphatic rings. The van der Waals surface area contributed by atoms with Crippen molar-refractivity contribution in [1.29, 1.82) is 0 Å². The monoisotopic (exact) mass is 188 g/mol. The molecule has 0 amide bonds. The van der Waals surface area contributed by atoms with Crippen LogP contribution in [-0.2, 0) is 10.1 Å². The summed E-state index contributed by atoms with van der Waals surface area (Å²) in [6, 6.07) is 0. The van der Waals surface area contributed by atoms with Crippen LogP contribution in [0.4, 0.5) is 0 Å². The summed E-state index contributed by atoms with van der Waals surface area (Å²) in [4.78, 5) is 0. The summed E-state index contributed by atoms with van der Waals surface area (Å²) in [7, 11) is -3.89. The van der Waals surface area contributed by atoms with Crippen LogP contribution in [0.3, 0.4) is 0 Å². The van der Waals surface area contributed by atoms with Gasteiger partial charge in [-0.15, -0.1) is 0 Å². The number of hydrogen-bond acceptors (Lipinski definition) is 2. The molecule has 62 valence electrons. The molecule has 0 fully saturated rings. The molecule has 0 unspecified atom stereocenters. The van der Waals surface area contributed by atoms with Crippen LogP contribution in [-0.4, -0.2) is 13.0 Å². The molecule has 0 aliphatic carbocycles. The zero-order valence-corrected chi connectivity index (χ0v) is 9.76. The summed E-state index contributed by atoms with van der Waals surface area (Å²) in [6.07, 6.45) is 4.14. The Hall–Kier alpha value is 0.650. The third kappa shape index (κ3) is 13.6. The van der Waals surface area contributed by atoms with Crippen LogP contribution >= 0.6 is 0 Å². The number of hydrogen-bond donors (Lipinski definition) is 1. The number of allylic oxidation sites excluding steroid dienone is 1. The van der Waals surface area contributed by atoms with E-state index in [1.807, 2.05) is 6.92 Å². The van der Waals surface area contributed by atoms with E-state index in [0.29, 0.717) is 6.42 Å². The number of unbranched alkanes of at least 4 members (excludes halogenated alkanes) is 2. The molecule has 0 aromatic carbocycles. The van der Waals surface area contributed by atoms with Gasteiger partial charge in [-0.2, -0.15) is 8.42 Å². The van der Waals surface area contributed by atoms with Gasteiger partial charge in [0, 0.05) is 0 Å². The van der Waals surface area contributed by atoms with Gasteiger partial charge in [-0.05, 0) is 6.42 Å². The van der Waals surface area contributed by atoms with E-state index in [1.165, 1.54) is 6.08 Å². The minimum Gasteiger partial charge on any atom is -1.00 e. The Morgan fingerprint density at radius 1 is 1.55 bits per heavy atom. The Kier molecular flexibility index (Phi) is 9.43. The van der Waals surface area contributed by atoms with Crippen molar-refractivity contribution in [2.24, 2.45) is 0 Å². The maximum absolute atomic E-state index is 10.1. The first-order valence-electron chi connectivity index (χ1n) is 3.20. The van der Waals surface area contributed by atoms with Gasteiger partial charge in [0.15, 0.2) is 0 Å². The van der Waals surface area contributed by atoms with Gasteiger partial charge in [-0.3, -0.25) is 4.55 Å². The van der Waals surface area contributed by atoms with Gasteiger partial charge in [-0.1, -0.05) is 25.8 Å². The topological polar surface area (TPSA) is 54.4 Å². The van der Waals surface area contributed by atoms with Crippen molar-refractivity contribution in [2.75, 3.05) is 0 Å². The van der Waals surface area contributed by atoms with E-state index in [9.17, 15) is 8.42 Å². The van der Waals surface area contributed by atoms with Gasteiger partial charge in [0.2, 0.25) is 0 Å². The Labute approximate surface area is 91.4 Å². The maximum Gasteiger partial charge on any atom is 1.00 e. The molecule has 0 saturated heterocycles. The standard InChI is InChI=1S/C6H12O3S.Na.H/c1-2-3-4-5-6-10(7,8)9;;/h5-6H,2-4H2,1H3,(H,7,8,9);;/q;+1;-1. The van der Waals surface area contributed by atoms with Crippen LogP contribution in [0, 0.1) is 0 Å². The predicted molar refractivity (Wildman–Crippen MR) is 41.3 cm³/mol. The molecule has 0 rings (SSSR count). The van der Waals surface area contributed by atoms with E-state index >= 15 is 0 Å². The molecular weight excluding hydrogens is 175 g/mol. The minimum atomic E-state index is -3.89. The third-order valence-corrected chi connectivity index (χ3v) is 1.53. The smallest absolute Gasteiger partial charge is 1.00 e. The molecule has 0 saturated carbocycles. The van der Waals surface area contributed by atoms with Gasteiger partial charge >= 0.3 is 29.6 Å². The van der Waals surface area contributed by atoms with Crippen molar-refractivity contribution in [2.45, 2.75) is 26.2 Å². The second-order valence-corrected chi connectivity index (χ2v) is 3.33. The quantitative estimate of drug-likeness (QED) is 0.339. The van der Waals surface area contributed by atoms with E-state index in [2.05, 4.69) is 0 Å². The van der Waals surface area contributed by atoms with Gasteiger partial charge < -0.3 is 1.43 Å². The molecule has 1 N–H and O–H groups in total. The fraction of sp³-hybridized carbons (Fsp3) is 0.667. The summed E-state index contributed by atoms with van der Waals surface area (Å²) in [5.74, 6) is 0. The summed E-state index contributed by atoms with van der Waals surface area (Å²) in [6.45, 7) is 2.02. The summed E-state index contributed by atoms with van der Waals surface area (Å²) in [5.41, 5.74) is 0. The number of rotatable bonds is 4. The molecule has 3 nitrogen and oxygen atoms in total. The van der Waals surface area contributed by atoms with Crippen molar-refractivity contribution < 1.29 is 44.0 Å². The van der Waals surface area contributed by atoms with Crippen LogP contribution in [0.5, 0.6) is 0 Å². The van der Waals surface area contributed by atoms with Crippen LogP contribution in [0.1, 0.15) is 27.6 Å². The Bertz CT molecular complexity index is 201. The average molecular weight is 188 g/mol. The predicted octanol–water partition coefficient (Wildman–Crippen LogP) is -1.31. The van der Waals surface area contributed by atoms with Crippen molar-refractivity contribution in [3.8, 4) is 0 Å². The van der Waals surface area contributed by atoms with Crippen molar-refractivity contribution in [3.63, 3.8) is 0 Å². The average Bonchev–Trinajstić information content (AvgIpc) is 1.78. The van der Waals surface area contributed by atoms with Crippen LogP contribution in [0.2, 0.25) is 0 Å². The van der Waals surface area contributed by atoms with Crippen molar-refractivity contribution in [3.05, 3.63) is 11.5 Å². The van der Waals surface area contributed by atoms with Gasteiger partial charge in [0.05, 0.1) is 5.41 Å². The fourth-order valence-electron chi connectivity index (χ4n) is 0.512. The van der Waals surface area contributed by atoms with Gasteiger partial charge in [-0.25, -0.2) is 0 Å². The minimum absolute atomic E-state index is 0. The van der Waals surface area contributed by atoms with Crippen molar-refractivity contribution >= 4 is 10.1 Å². The molecule has 0 bridgehead atoms. The normalized spacial score (nSPS) is 11.5. The summed E-state index contributed by atoms with van der Waals surface area (Å²) in [5, 5.41) is 0.822. The molecule has 0 aliphatic heterocycles. The molecule has 0 aromatic rings. The van der Waals surface area contributed by atoms with E-state index in [-0.39, 0.29) is 31.0 Å². The molecule has 11 heavy (non-hydrogen) atoms. The second-order valence-electron chi connectivity index (χ2n) is 2.03. The first-order chi connectivity index (χ1) is 4.56. The molecule has 0 spiro atoms. The van der Waals surface area contributed by atoms with Crippen LogP contribution in [0.15, 0.2) is 11.5 Å². The Morgan fingerprint density at radius 3 is 2.45 bits per heavy atom. The molecule has 0 aromatic heterocycles. The molecule has 5 heteroatoms. The maximum atomic E-state index is 10.1. The first-order valence-corrected chi connectivity index (χ1v) is 4.70. The Balaban J connectivity index is -0.000000405. The van der Waals surface area contributed by atoms with Crippen LogP contribution in [0.25, 0.3) is 0 Å². The first kappa shape index (κ1) is 14.2. The fourth-order valence-corrected chi connectivity index (χ4v) is 0.891. The molecular formula is C6H13NaO3S. The summed E-state index contributed by atoms with van der Waals surface area (Å²) >= 11 is 0. The van der Waals surface area contributed by atoms with Crippen LogP contribution < -0.4 is 29.6 Å². The SMILES string of the molecule is CCCCC=CS(=O)(=O)O.[H-].[Na+]. The third-order valence-electron chi connectivity index (χ3n) is 0.993. The van der Waals surface area contributed by atoms with Crippen molar-refractivity contribution in [1.82, 2.24) is 0 Å². The van der Waals surface area contributed by atoms with Gasteiger partial charge in [0.25, 0.3) is 10.1 Å². The van der Waals surface area contributed by atoms with E-state index < -0.39 is 10.1 Å². The van der Waals surface area contributed by atoms with Gasteiger partial charge in [0.1, 0.15) is 0 Å². The molecule has 0 heterocycles. The molecule has 0 atom stereocenters. The van der Waals surface area contributed by atoms with E-state index in [4.69, 9.17) is 4.55 Å². The summed E-state index contributed by atoms with van der Waals surface area (Å²) < 4.78 is 28.3. The van der Waals surface area contributed by atoms with E-state index in [1.54, 1.807) is 0 Å². The van der Waals surface area contributed by atoms with E-state index in [0.717, 1.165) is 18.2 Å². The largest absolute Gasteiger partial charge is 1.00 e. The Morgan fingerprint density at radius 2 is 2.09 bits per heavy atom.